The maximum atomic E-state index is 11.8. The number of halogens is 1. The monoisotopic (exact) mass is 294 g/mol. The summed E-state index contributed by atoms with van der Waals surface area (Å²) < 4.78 is 0. The maximum Gasteiger partial charge on any atom is 0.252 e. The van der Waals surface area contributed by atoms with Crippen LogP contribution in [-0.4, -0.2) is 19.0 Å². The summed E-state index contributed by atoms with van der Waals surface area (Å²) in [7, 11) is 1.61. The van der Waals surface area contributed by atoms with Gasteiger partial charge in [0.05, 0.1) is 10.6 Å². The lowest BCUT2D eigenvalue weighted by Gasteiger charge is -2.29. The highest BCUT2D eigenvalue weighted by atomic mass is 35.5. The van der Waals surface area contributed by atoms with Crippen molar-refractivity contribution in [1.29, 1.82) is 0 Å². The Morgan fingerprint density at radius 2 is 2.00 bits per heavy atom. The van der Waals surface area contributed by atoms with E-state index in [0.717, 1.165) is 11.6 Å². The molecule has 0 aliphatic heterocycles. The van der Waals surface area contributed by atoms with Gasteiger partial charge in [-0.25, -0.2) is 0 Å². The topological polar surface area (TPSA) is 41.1 Å². The average Bonchev–Trinajstić information content (AvgIpc) is 2.49. The smallest absolute Gasteiger partial charge is 0.252 e. The predicted octanol–water partition coefficient (Wildman–Crippen LogP) is 4.08. The molecule has 2 N–H and O–H groups in total. The molecule has 0 spiro atoms. The molecule has 20 heavy (non-hydrogen) atoms. The lowest BCUT2D eigenvalue weighted by atomic mass is 9.84. The summed E-state index contributed by atoms with van der Waals surface area (Å²) in [6.07, 6.45) is 6.63. The number of benzene rings is 1. The zero-order valence-corrected chi connectivity index (χ0v) is 13.0. The van der Waals surface area contributed by atoms with Crippen LogP contribution in [0.15, 0.2) is 18.2 Å². The third-order valence-electron chi connectivity index (χ3n) is 4.19. The Bertz CT molecular complexity index is 470. The Balaban J connectivity index is 2.07. The van der Waals surface area contributed by atoms with Gasteiger partial charge >= 0.3 is 0 Å². The summed E-state index contributed by atoms with van der Waals surface area (Å²) in [6.45, 7) is 2.23. The first-order valence-corrected chi connectivity index (χ1v) is 7.77. The number of anilines is 1. The minimum Gasteiger partial charge on any atom is -0.382 e. The van der Waals surface area contributed by atoms with Crippen molar-refractivity contribution < 1.29 is 4.79 Å². The third-order valence-corrected chi connectivity index (χ3v) is 4.52. The molecule has 1 aromatic carbocycles. The predicted molar refractivity (Wildman–Crippen MR) is 84.5 cm³/mol. The van der Waals surface area contributed by atoms with Crippen molar-refractivity contribution in [2.24, 2.45) is 5.92 Å². The summed E-state index contributed by atoms with van der Waals surface area (Å²) >= 11 is 6.07. The van der Waals surface area contributed by atoms with Crippen molar-refractivity contribution in [2.45, 2.75) is 45.1 Å². The number of rotatable bonds is 4. The van der Waals surface area contributed by atoms with Gasteiger partial charge < -0.3 is 10.6 Å². The highest BCUT2D eigenvalue weighted by molar-refractivity contribution is 6.34. The van der Waals surface area contributed by atoms with Gasteiger partial charge in [-0.05, 0) is 43.9 Å². The van der Waals surface area contributed by atoms with Gasteiger partial charge in [0, 0.05) is 18.8 Å². The van der Waals surface area contributed by atoms with E-state index >= 15 is 0 Å². The van der Waals surface area contributed by atoms with Gasteiger partial charge in [0.15, 0.2) is 0 Å². The molecule has 110 valence electrons. The number of nitrogens with one attached hydrogen (secondary N) is 2. The van der Waals surface area contributed by atoms with Crippen LogP contribution in [0.2, 0.25) is 5.02 Å². The van der Waals surface area contributed by atoms with Crippen LogP contribution >= 0.6 is 11.6 Å². The van der Waals surface area contributed by atoms with Crippen molar-refractivity contribution in [3.63, 3.8) is 0 Å². The number of carbonyl (C=O) groups excluding carboxylic acids is 1. The molecule has 0 bridgehead atoms. The summed E-state index contributed by atoms with van der Waals surface area (Å²) in [5.74, 6) is 0.576. The van der Waals surface area contributed by atoms with Crippen molar-refractivity contribution >= 4 is 23.2 Å². The first-order valence-electron chi connectivity index (χ1n) is 7.40. The summed E-state index contributed by atoms with van der Waals surface area (Å²) in [5.41, 5.74) is 1.49. The van der Waals surface area contributed by atoms with E-state index in [-0.39, 0.29) is 5.91 Å². The molecular formula is C16H23ClN2O. The second-order valence-corrected chi connectivity index (χ2v) is 6.01. The van der Waals surface area contributed by atoms with Gasteiger partial charge in [-0.3, -0.25) is 4.79 Å². The van der Waals surface area contributed by atoms with E-state index in [9.17, 15) is 4.79 Å². The molecule has 1 aliphatic carbocycles. The molecular weight excluding hydrogens is 272 g/mol. The van der Waals surface area contributed by atoms with Gasteiger partial charge in [0.2, 0.25) is 0 Å². The summed E-state index contributed by atoms with van der Waals surface area (Å²) in [4.78, 5) is 11.8. The standard InChI is InChI=1S/C16H23ClN2O/c1-11(12-6-4-3-5-7-12)19-13-8-9-15(17)14(10-13)16(20)18-2/h8-12,19H,3-7H2,1-2H3,(H,18,20). The Hall–Kier alpha value is -1.22. The molecule has 3 nitrogen and oxygen atoms in total. The number of hydrogen-bond donors (Lipinski definition) is 2. The third kappa shape index (κ3) is 3.66. The minimum absolute atomic E-state index is 0.149. The maximum absolute atomic E-state index is 11.8. The fourth-order valence-corrected chi connectivity index (χ4v) is 3.14. The zero-order chi connectivity index (χ0) is 14.5. The molecule has 1 atom stereocenters. The van der Waals surface area contributed by atoms with Crippen LogP contribution in [0.25, 0.3) is 0 Å². The Morgan fingerprint density at radius 3 is 2.65 bits per heavy atom. The molecule has 0 aromatic heterocycles. The van der Waals surface area contributed by atoms with Crippen LogP contribution in [0.5, 0.6) is 0 Å². The van der Waals surface area contributed by atoms with Crippen molar-refractivity contribution in [1.82, 2.24) is 5.32 Å². The normalized spacial score (nSPS) is 17.6. The fraction of sp³-hybridized carbons (Fsp3) is 0.562. The second kappa shape index (κ2) is 6.98. The Kier molecular flexibility index (Phi) is 5.30. The van der Waals surface area contributed by atoms with Crippen LogP contribution in [0, 0.1) is 5.92 Å². The molecule has 0 heterocycles. The molecule has 2 rings (SSSR count). The number of amides is 1. The van der Waals surface area contributed by atoms with Crippen LogP contribution in [0.1, 0.15) is 49.4 Å². The van der Waals surface area contributed by atoms with E-state index in [2.05, 4.69) is 17.6 Å². The fourth-order valence-electron chi connectivity index (χ4n) is 2.94. The second-order valence-electron chi connectivity index (χ2n) is 5.60. The van der Waals surface area contributed by atoms with Gasteiger partial charge in [-0.1, -0.05) is 30.9 Å². The highest BCUT2D eigenvalue weighted by Gasteiger charge is 2.20. The van der Waals surface area contributed by atoms with Gasteiger partial charge in [0.1, 0.15) is 0 Å². The largest absolute Gasteiger partial charge is 0.382 e. The zero-order valence-electron chi connectivity index (χ0n) is 12.2. The van der Waals surface area contributed by atoms with E-state index in [1.54, 1.807) is 13.1 Å². The molecule has 1 unspecified atom stereocenters. The molecule has 1 fully saturated rings. The molecule has 0 radical (unpaired) electrons. The van der Waals surface area contributed by atoms with Crippen molar-refractivity contribution in [2.75, 3.05) is 12.4 Å². The van der Waals surface area contributed by atoms with Gasteiger partial charge in [0.25, 0.3) is 5.91 Å². The van der Waals surface area contributed by atoms with E-state index in [1.165, 1.54) is 32.1 Å². The summed E-state index contributed by atoms with van der Waals surface area (Å²) in [6, 6.07) is 5.98. The lowest BCUT2D eigenvalue weighted by Crippen LogP contribution is -2.28. The molecule has 0 saturated heterocycles. The molecule has 1 aromatic rings. The Morgan fingerprint density at radius 1 is 1.30 bits per heavy atom. The first-order chi connectivity index (χ1) is 9.61. The molecule has 1 saturated carbocycles. The van der Waals surface area contributed by atoms with Crippen LogP contribution in [0.4, 0.5) is 5.69 Å². The quantitative estimate of drug-likeness (QED) is 0.878. The molecule has 1 aliphatic rings. The van der Waals surface area contributed by atoms with E-state index < -0.39 is 0 Å². The van der Waals surface area contributed by atoms with Crippen LogP contribution in [0.3, 0.4) is 0 Å². The SMILES string of the molecule is CNC(=O)c1cc(NC(C)C2CCCCC2)ccc1Cl. The minimum atomic E-state index is -0.149. The van der Waals surface area contributed by atoms with Crippen molar-refractivity contribution in [3.8, 4) is 0 Å². The summed E-state index contributed by atoms with van der Waals surface area (Å²) in [5, 5.41) is 6.62. The van der Waals surface area contributed by atoms with Gasteiger partial charge in [-0.2, -0.15) is 0 Å². The number of carbonyl (C=O) groups is 1. The van der Waals surface area contributed by atoms with E-state index in [1.807, 2.05) is 12.1 Å². The lowest BCUT2D eigenvalue weighted by molar-refractivity contribution is 0.0963. The first kappa shape index (κ1) is 15.2. The highest BCUT2D eigenvalue weighted by Crippen LogP contribution is 2.29. The molecule has 4 heteroatoms. The van der Waals surface area contributed by atoms with Crippen molar-refractivity contribution in [3.05, 3.63) is 28.8 Å². The number of hydrogen-bond acceptors (Lipinski definition) is 2. The molecule has 1 amide bonds. The van der Waals surface area contributed by atoms with Crippen LogP contribution < -0.4 is 10.6 Å². The average molecular weight is 295 g/mol. The van der Waals surface area contributed by atoms with E-state index in [4.69, 9.17) is 11.6 Å². The van der Waals surface area contributed by atoms with Gasteiger partial charge in [-0.15, -0.1) is 0 Å². The van der Waals surface area contributed by atoms with Crippen LogP contribution in [-0.2, 0) is 0 Å². The Labute approximate surface area is 126 Å². The van der Waals surface area contributed by atoms with E-state index in [0.29, 0.717) is 16.6 Å².